The molecule has 25 heavy (non-hydrogen) atoms. The highest BCUT2D eigenvalue weighted by Gasteiger charge is 2.13. The average molecular weight is 332 g/mol. The highest BCUT2D eigenvalue weighted by molar-refractivity contribution is 5.99. The van der Waals surface area contributed by atoms with Crippen LogP contribution in [0.1, 0.15) is 16.1 Å². The number of aromatic nitrogens is 3. The SMILES string of the molecule is Nc1cnn(C(=O)c2cc3ccc(OCc4ccccc4)cc3[nH]2)c1. The number of rotatable bonds is 4. The zero-order valence-corrected chi connectivity index (χ0v) is 13.3. The Hall–Kier alpha value is -3.54. The molecule has 2 heterocycles. The first-order chi connectivity index (χ1) is 12.2. The summed E-state index contributed by atoms with van der Waals surface area (Å²) in [6.45, 7) is 0.491. The van der Waals surface area contributed by atoms with Crippen LogP contribution in [-0.4, -0.2) is 20.7 Å². The highest BCUT2D eigenvalue weighted by Crippen LogP contribution is 2.23. The minimum atomic E-state index is -0.264. The van der Waals surface area contributed by atoms with Gasteiger partial charge in [-0.25, -0.2) is 4.68 Å². The molecule has 0 atom stereocenters. The molecular formula is C19H16N4O2. The first-order valence-corrected chi connectivity index (χ1v) is 7.83. The molecule has 4 rings (SSSR count). The molecule has 2 aromatic carbocycles. The molecule has 0 fully saturated rings. The second-order valence-electron chi connectivity index (χ2n) is 5.73. The number of carbonyl (C=O) groups is 1. The number of aromatic amines is 1. The summed E-state index contributed by atoms with van der Waals surface area (Å²) in [6.07, 6.45) is 2.93. The molecule has 0 bridgehead atoms. The van der Waals surface area contributed by atoms with Crippen molar-refractivity contribution in [2.24, 2.45) is 0 Å². The van der Waals surface area contributed by atoms with Gasteiger partial charge in [-0.1, -0.05) is 30.3 Å². The van der Waals surface area contributed by atoms with Gasteiger partial charge in [0.25, 0.3) is 5.91 Å². The number of nitrogens with zero attached hydrogens (tertiary/aromatic N) is 2. The Balaban J connectivity index is 1.56. The number of nitrogens with one attached hydrogen (secondary N) is 1. The molecule has 0 saturated heterocycles. The monoisotopic (exact) mass is 332 g/mol. The molecule has 0 unspecified atom stereocenters. The number of fused-ring (bicyclic) bond motifs is 1. The lowest BCUT2D eigenvalue weighted by molar-refractivity contribution is 0.0941. The van der Waals surface area contributed by atoms with Crippen molar-refractivity contribution < 1.29 is 9.53 Å². The lowest BCUT2D eigenvalue weighted by atomic mass is 10.2. The number of carbonyl (C=O) groups excluding carboxylic acids is 1. The molecule has 124 valence electrons. The molecule has 6 nitrogen and oxygen atoms in total. The van der Waals surface area contributed by atoms with Gasteiger partial charge in [0.15, 0.2) is 0 Å². The van der Waals surface area contributed by atoms with Crippen molar-refractivity contribution in [3.8, 4) is 5.75 Å². The van der Waals surface area contributed by atoms with Crippen LogP contribution < -0.4 is 10.5 Å². The van der Waals surface area contributed by atoms with Gasteiger partial charge in [0, 0.05) is 17.0 Å². The van der Waals surface area contributed by atoms with Crippen LogP contribution in [0.15, 0.2) is 67.0 Å². The van der Waals surface area contributed by atoms with Gasteiger partial charge in [0.05, 0.1) is 18.1 Å². The van der Waals surface area contributed by atoms with E-state index in [0.29, 0.717) is 18.0 Å². The number of nitrogen functional groups attached to an aromatic ring is 1. The molecule has 0 radical (unpaired) electrons. The van der Waals surface area contributed by atoms with Crippen molar-refractivity contribution in [3.63, 3.8) is 0 Å². The molecular weight excluding hydrogens is 316 g/mol. The van der Waals surface area contributed by atoms with Crippen LogP contribution in [0.5, 0.6) is 5.75 Å². The van der Waals surface area contributed by atoms with Gasteiger partial charge in [0.2, 0.25) is 0 Å². The second-order valence-corrected chi connectivity index (χ2v) is 5.73. The van der Waals surface area contributed by atoms with E-state index in [9.17, 15) is 4.79 Å². The summed E-state index contributed by atoms with van der Waals surface area (Å²) in [5.74, 6) is 0.472. The molecule has 2 aromatic heterocycles. The van der Waals surface area contributed by atoms with Crippen molar-refractivity contribution in [1.29, 1.82) is 0 Å². The number of hydrogen-bond acceptors (Lipinski definition) is 4. The number of benzene rings is 2. The Bertz CT molecular complexity index is 1030. The van der Waals surface area contributed by atoms with Crippen molar-refractivity contribution in [2.45, 2.75) is 6.61 Å². The largest absolute Gasteiger partial charge is 0.489 e. The molecule has 0 aliphatic rings. The molecule has 0 saturated carbocycles. The summed E-state index contributed by atoms with van der Waals surface area (Å²) in [4.78, 5) is 15.5. The van der Waals surface area contributed by atoms with Crippen molar-refractivity contribution in [1.82, 2.24) is 14.8 Å². The predicted molar refractivity (Wildman–Crippen MR) is 95.4 cm³/mol. The zero-order chi connectivity index (χ0) is 17.2. The van der Waals surface area contributed by atoms with E-state index in [1.54, 1.807) is 6.07 Å². The Morgan fingerprint density at radius 1 is 1.16 bits per heavy atom. The van der Waals surface area contributed by atoms with E-state index < -0.39 is 0 Å². The normalized spacial score (nSPS) is 10.9. The van der Waals surface area contributed by atoms with E-state index >= 15 is 0 Å². The van der Waals surface area contributed by atoms with Gasteiger partial charge in [-0.15, -0.1) is 0 Å². The van der Waals surface area contributed by atoms with E-state index in [1.165, 1.54) is 17.1 Å². The maximum absolute atomic E-state index is 12.4. The Morgan fingerprint density at radius 3 is 2.76 bits per heavy atom. The topological polar surface area (TPSA) is 85.9 Å². The molecule has 0 spiro atoms. The molecule has 0 aliphatic heterocycles. The predicted octanol–water partition coefficient (Wildman–Crippen LogP) is 3.21. The van der Waals surface area contributed by atoms with Gasteiger partial charge in [-0.05, 0) is 23.8 Å². The fourth-order valence-electron chi connectivity index (χ4n) is 2.62. The summed E-state index contributed by atoms with van der Waals surface area (Å²) < 4.78 is 7.03. The standard InChI is InChI=1S/C19H16N4O2/c20-15-10-21-23(11-15)19(24)18-8-14-6-7-16(9-17(14)22-18)25-12-13-4-2-1-3-5-13/h1-11,22H,12,20H2. The minimum absolute atomic E-state index is 0.264. The Kier molecular flexibility index (Phi) is 3.70. The van der Waals surface area contributed by atoms with E-state index in [0.717, 1.165) is 22.2 Å². The van der Waals surface area contributed by atoms with E-state index in [4.69, 9.17) is 10.5 Å². The van der Waals surface area contributed by atoms with Gasteiger partial charge in [-0.3, -0.25) is 4.79 Å². The molecule has 4 aromatic rings. The zero-order valence-electron chi connectivity index (χ0n) is 13.3. The third-order valence-corrected chi connectivity index (χ3v) is 3.88. The summed E-state index contributed by atoms with van der Waals surface area (Å²) in [5, 5.41) is 4.87. The molecule has 3 N–H and O–H groups in total. The number of H-pyrrole nitrogens is 1. The summed E-state index contributed by atoms with van der Waals surface area (Å²) >= 11 is 0. The first-order valence-electron chi connectivity index (χ1n) is 7.83. The fraction of sp³-hybridized carbons (Fsp3) is 0.0526. The van der Waals surface area contributed by atoms with Crippen LogP contribution in [0.25, 0.3) is 10.9 Å². The quantitative estimate of drug-likeness (QED) is 0.601. The lowest BCUT2D eigenvalue weighted by Gasteiger charge is -2.06. The molecule has 0 aliphatic carbocycles. The average Bonchev–Trinajstić information content (AvgIpc) is 3.26. The van der Waals surface area contributed by atoms with Crippen molar-refractivity contribution >= 4 is 22.5 Å². The molecule has 0 amide bonds. The van der Waals surface area contributed by atoms with Crippen molar-refractivity contribution in [3.05, 3.63) is 78.2 Å². The van der Waals surface area contributed by atoms with E-state index in [1.807, 2.05) is 48.5 Å². The summed E-state index contributed by atoms with van der Waals surface area (Å²) in [5.41, 5.74) is 8.42. The van der Waals surface area contributed by atoms with Gasteiger partial charge < -0.3 is 15.5 Å². The Labute approximate surface area is 143 Å². The van der Waals surface area contributed by atoms with Crippen LogP contribution in [-0.2, 0) is 6.61 Å². The van der Waals surface area contributed by atoms with Gasteiger partial charge in [-0.2, -0.15) is 5.10 Å². The number of ether oxygens (including phenoxy) is 1. The maximum Gasteiger partial charge on any atom is 0.294 e. The van der Waals surface area contributed by atoms with Crippen LogP contribution in [0.3, 0.4) is 0 Å². The summed E-state index contributed by atoms with van der Waals surface area (Å²) in [7, 11) is 0. The maximum atomic E-state index is 12.4. The Morgan fingerprint density at radius 2 is 2.00 bits per heavy atom. The number of nitrogens with two attached hydrogens (primary N) is 1. The van der Waals surface area contributed by atoms with Gasteiger partial charge in [0.1, 0.15) is 18.1 Å². The first kappa shape index (κ1) is 15.0. The third-order valence-electron chi connectivity index (χ3n) is 3.88. The van der Waals surface area contributed by atoms with Crippen LogP contribution >= 0.6 is 0 Å². The lowest BCUT2D eigenvalue weighted by Crippen LogP contribution is -2.12. The van der Waals surface area contributed by atoms with Crippen LogP contribution in [0.4, 0.5) is 5.69 Å². The minimum Gasteiger partial charge on any atom is -0.489 e. The number of anilines is 1. The fourth-order valence-corrected chi connectivity index (χ4v) is 2.62. The molecule has 6 heteroatoms. The van der Waals surface area contributed by atoms with Crippen LogP contribution in [0, 0.1) is 0 Å². The number of hydrogen-bond donors (Lipinski definition) is 2. The van der Waals surface area contributed by atoms with Crippen molar-refractivity contribution in [2.75, 3.05) is 5.73 Å². The van der Waals surface area contributed by atoms with E-state index in [2.05, 4.69) is 10.1 Å². The third kappa shape index (κ3) is 3.10. The highest BCUT2D eigenvalue weighted by atomic mass is 16.5. The second kappa shape index (κ2) is 6.16. The van der Waals surface area contributed by atoms with E-state index in [-0.39, 0.29) is 5.91 Å². The smallest absolute Gasteiger partial charge is 0.294 e. The van der Waals surface area contributed by atoms with Crippen LogP contribution in [0.2, 0.25) is 0 Å². The van der Waals surface area contributed by atoms with Gasteiger partial charge >= 0.3 is 0 Å². The summed E-state index contributed by atoms with van der Waals surface area (Å²) in [6, 6.07) is 17.4.